The third-order valence-electron chi connectivity index (χ3n) is 1.64. The summed E-state index contributed by atoms with van der Waals surface area (Å²) in [5, 5.41) is 8.41. The maximum atomic E-state index is 8.41. The fraction of sp³-hybridized carbons (Fsp3) is 0.778. The van der Waals surface area contributed by atoms with Crippen LogP contribution in [0.25, 0.3) is 0 Å². The average molecular weight is 170 g/mol. The second-order valence-electron chi connectivity index (χ2n) is 2.67. The van der Waals surface area contributed by atoms with E-state index in [1.54, 1.807) is 0 Å². The van der Waals surface area contributed by atoms with E-state index >= 15 is 0 Å². The number of hydrogen-bond donors (Lipinski definition) is 1. The van der Waals surface area contributed by atoms with Gasteiger partial charge in [-0.15, -0.1) is 0 Å². The summed E-state index contributed by atoms with van der Waals surface area (Å²) in [6, 6.07) is 0. The smallest absolute Gasteiger partial charge is 0.210 e. The third-order valence-corrected chi connectivity index (χ3v) is 1.64. The highest BCUT2D eigenvalue weighted by Gasteiger charge is 2.12. The van der Waals surface area contributed by atoms with E-state index in [0.717, 1.165) is 25.9 Å². The second kappa shape index (κ2) is 5.87. The van der Waals surface area contributed by atoms with Gasteiger partial charge in [-0.25, -0.2) is 0 Å². The lowest BCUT2D eigenvalue weighted by molar-refractivity contribution is -0.121. The van der Waals surface area contributed by atoms with E-state index in [9.17, 15) is 0 Å². The zero-order chi connectivity index (χ0) is 8.65. The van der Waals surface area contributed by atoms with Gasteiger partial charge in [-0.1, -0.05) is 5.92 Å². The molecule has 0 amide bonds. The molecule has 12 heavy (non-hydrogen) atoms. The average Bonchev–Trinajstić information content (AvgIpc) is 2.14. The summed E-state index contributed by atoms with van der Waals surface area (Å²) in [7, 11) is 0. The van der Waals surface area contributed by atoms with Crippen LogP contribution in [0, 0.1) is 12.0 Å². The first kappa shape index (κ1) is 9.37. The van der Waals surface area contributed by atoms with Gasteiger partial charge in [0.1, 0.15) is 6.11 Å². The summed E-state index contributed by atoms with van der Waals surface area (Å²) in [5.74, 6) is 2.68. The molecule has 1 unspecified atom stereocenters. The van der Waals surface area contributed by atoms with Gasteiger partial charge >= 0.3 is 0 Å². The molecule has 0 radical (unpaired) electrons. The van der Waals surface area contributed by atoms with E-state index in [2.05, 4.69) is 12.0 Å². The van der Waals surface area contributed by atoms with Gasteiger partial charge in [0, 0.05) is 12.8 Å². The van der Waals surface area contributed by atoms with Crippen LogP contribution in [0.1, 0.15) is 25.7 Å². The molecule has 1 aliphatic rings. The van der Waals surface area contributed by atoms with Crippen LogP contribution in [0.2, 0.25) is 0 Å². The van der Waals surface area contributed by atoms with E-state index in [1.807, 2.05) is 0 Å². The Labute approximate surface area is 72.7 Å². The third kappa shape index (κ3) is 3.61. The molecular weight excluding hydrogens is 156 g/mol. The van der Waals surface area contributed by atoms with Crippen molar-refractivity contribution in [3.63, 3.8) is 0 Å². The molecule has 68 valence electrons. The predicted molar refractivity (Wildman–Crippen MR) is 44.2 cm³/mol. The van der Waals surface area contributed by atoms with Crippen LogP contribution in [0.15, 0.2) is 0 Å². The normalized spacial score (nSPS) is 22.6. The Bertz CT molecular complexity index is 162. The Morgan fingerprint density at radius 3 is 3.08 bits per heavy atom. The minimum atomic E-state index is -0.148. The van der Waals surface area contributed by atoms with Crippen molar-refractivity contribution in [2.75, 3.05) is 13.2 Å². The molecule has 1 saturated heterocycles. The summed E-state index contributed by atoms with van der Waals surface area (Å²) in [6.07, 6.45) is 6.02. The molecule has 0 aliphatic carbocycles. The van der Waals surface area contributed by atoms with Crippen molar-refractivity contribution in [2.24, 2.45) is 0 Å². The predicted octanol–water partition coefficient (Wildman–Crippen LogP) is 0.873. The number of hydrogen-bond acceptors (Lipinski definition) is 3. The lowest BCUT2D eigenvalue weighted by Crippen LogP contribution is -2.20. The summed E-state index contributed by atoms with van der Waals surface area (Å²) in [5.41, 5.74) is 0. The van der Waals surface area contributed by atoms with Gasteiger partial charge in [0.05, 0.1) is 13.2 Å². The SMILES string of the molecule is OCCC#COC1CCCCO1. The zero-order valence-electron chi connectivity index (χ0n) is 7.08. The first-order valence-electron chi connectivity index (χ1n) is 4.29. The van der Waals surface area contributed by atoms with Gasteiger partial charge in [-0.05, 0) is 12.8 Å². The largest absolute Gasteiger partial charge is 0.414 e. The first-order chi connectivity index (χ1) is 5.93. The van der Waals surface area contributed by atoms with E-state index < -0.39 is 0 Å². The van der Waals surface area contributed by atoms with Crippen LogP contribution in [-0.2, 0) is 9.47 Å². The molecule has 0 spiro atoms. The molecule has 3 heteroatoms. The van der Waals surface area contributed by atoms with Crippen molar-refractivity contribution in [3.05, 3.63) is 0 Å². The van der Waals surface area contributed by atoms with Gasteiger partial charge < -0.3 is 14.6 Å². The lowest BCUT2D eigenvalue weighted by Gasteiger charge is -2.19. The topological polar surface area (TPSA) is 38.7 Å². The van der Waals surface area contributed by atoms with Crippen molar-refractivity contribution < 1.29 is 14.6 Å². The Morgan fingerprint density at radius 2 is 2.42 bits per heavy atom. The summed E-state index contributed by atoms with van der Waals surface area (Å²) in [6.45, 7) is 0.855. The Balaban J connectivity index is 2.09. The van der Waals surface area contributed by atoms with Gasteiger partial charge in [0.15, 0.2) is 0 Å². The molecule has 0 saturated carbocycles. The molecule has 1 fully saturated rings. The molecule has 1 heterocycles. The molecule has 3 nitrogen and oxygen atoms in total. The molecule has 1 aliphatic heterocycles. The van der Waals surface area contributed by atoms with Crippen molar-refractivity contribution in [1.29, 1.82) is 0 Å². The van der Waals surface area contributed by atoms with Gasteiger partial charge in [0.25, 0.3) is 0 Å². The Kier molecular flexibility index (Phi) is 4.58. The Morgan fingerprint density at radius 1 is 1.50 bits per heavy atom. The minimum absolute atomic E-state index is 0.0852. The van der Waals surface area contributed by atoms with Crippen LogP contribution in [-0.4, -0.2) is 24.6 Å². The molecule has 1 N–H and O–H groups in total. The van der Waals surface area contributed by atoms with Crippen molar-refractivity contribution in [1.82, 2.24) is 0 Å². The standard InChI is InChI=1S/C9H14O3/c10-6-2-4-8-12-9-5-1-3-7-11-9/h9-10H,1-3,5-7H2. The molecule has 0 bridgehead atoms. The van der Waals surface area contributed by atoms with E-state index in [4.69, 9.17) is 14.6 Å². The maximum Gasteiger partial charge on any atom is 0.210 e. The summed E-state index contributed by atoms with van der Waals surface area (Å²) >= 11 is 0. The Hall–Kier alpha value is -0.720. The first-order valence-corrected chi connectivity index (χ1v) is 4.29. The molecule has 1 rings (SSSR count). The van der Waals surface area contributed by atoms with Crippen molar-refractivity contribution in [2.45, 2.75) is 32.0 Å². The monoisotopic (exact) mass is 170 g/mol. The highest BCUT2D eigenvalue weighted by atomic mass is 16.7. The van der Waals surface area contributed by atoms with Crippen LogP contribution in [0.4, 0.5) is 0 Å². The number of rotatable bonds is 2. The number of ether oxygens (including phenoxy) is 2. The fourth-order valence-corrected chi connectivity index (χ4v) is 1.02. The van der Waals surface area contributed by atoms with Crippen LogP contribution in [0.3, 0.4) is 0 Å². The van der Waals surface area contributed by atoms with Crippen molar-refractivity contribution in [3.8, 4) is 12.0 Å². The van der Waals surface area contributed by atoms with E-state index in [-0.39, 0.29) is 12.9 Å². The van der Waals surface area contributed by atoms with Crippen molar-refractivity contribution >= 4 is 0 Å². The summed E-state index contributed by atoms with van der Waals surface area (Å²) < 4.78 is 10.4. The van der Waals surface area contributed by atoms with Gasteiger partial charge in [-0.2, -0.15) is 0 Å². The molecule has 0 aromatic rings. The van der Waals surface area contributed by atoms with Crippen LogP contribution in [0.5, 0.6) is 0 Å². The number of aliphatic hydroxyl groups excluding tert-OH is 1. The zero-order valence-corrected chi connectivity index (χ0v) is 7.08. The van der Waals surface area contributed by atoms with Crippen LogP contribution < -0.4 is 0 Å². The van der Waals surface area contributed by atoms with Crippen LogP contribution >= 0.6 is 0 Å². The highest BCUT2D eigenvalue weighted by molar-refractivity contribution is 4.91. The number of aliphatic hydroxyl groups is 1. The fourth-order valence-electron chi connectivity index (χ4n) is 1.02. The molecule has 1 atom stereocenters. The van der Waals surface area contributed by atoms with E-state index in [0.29, 0.717) is 6.42 Å². The molecular formula is C9H14O3. The second-order valence-corrected chi connectivity index (χ2v) is 2.67. The minimum Gasteiger partial charge on any atom is -0.414 e. The molecule has 0 aromatic heterocycles. The van der Waals surface area contributed by atoms with Gasteiger partial charge in [-0.3, -0.25) is 0 Å². The highest BCUT2D eigenvalue weighted by Crippen LogP contribution is 2.12. The molecule has 0 aromatic carbocycles. The van der Waals surface area contributed by atoms with Gasteiger partial charge in [0.2, 0.25) is 6.29 Å². The summed E-state index contributed by atoms with van der Waals surface area (Å²) in [4.78, 5) is 0. The lowest BCUT2D eigenvalue weighted by atomic mass is 10.2. The maximum absolute atomic E-state index is 8.41. The van der Waals surface area contributed by atoms with E-state index in [1.165, 1.54) is 0 Å². The quantitative estimate of drug-likeness (QED) is 0.625.